The highest BCUT2D eigenvalue weighted by molar-refractivity contribution is 9.10. The zero-order valence-electron chi connectivity index (χ0n) is 10.9. The average molecular weight is 343 g/mol. The Morgan fingerprint density at radius 3 is 2.80 bits per heavy atom. The Morgan fingerprint density at radius 1 is 1.50 bits per heavy atom. The number of hydrogen-bond acceptors (Lipinski definition) is 3. The van der Waals surface area contributed by atoms with Gasteiger partial charge in [-0.15, -0.1) is 0 Å². The number of amides is 2. The lowest BCUT2D eigenvalue weighted by Gasteiger charge is -2.38. The van der Waals surface area contributed by atoms with E-state index in [1.165, 1.54) is 7.11 Å². The van der Waals surface area contributed by atoms with Crippen LogP contribution in [-0.2, 0) is 4.79 Å². The van der Waals surface area contributed by atoms with Gasteiger partial charge < -0.3 is 20.1 Å². The third-order valence-electron chi connectivity index (χ3n) is 3.11. The van der Waals surface area contributed by atoms with Crippen molar-refractivity contribution in [1.82, 2.24) is 4.90 Å². The van der Waals surface area contributed by atoms with Crippen LogP contribution >= 0.6 is 15.9 Å². The van der Waals surface area contributed by atoms with Crippen molar-refractivity contribution < 1.29 is 19.4 Å². The molecule has 1 aliphatic heterocycles. The molecule has 1 fully saturated rings. The molecule has 0 saturated carbocycles. The highest BCUT2D eigenvalue weighted by Crippen LogP contribution is 2.29. The van der Waals surface area contributed by atoms with E-state index in [0.717, 1.165) is 4.47 Å². The number of hydrogen-bond donors (Lipinski definition) is 2. The van der Waals surface area contributed by atoms with Gasteiger partial charge in [0, 0.05) is 23.5 Å². The van der Waals surface area contributed by atoms with Crippen molar-refractivity contribution in [2.45, 2.75) is 6.42 Å². The van der Waals surface area contributed by atoms with Gasteiger partial charge in [-0.3, -0.25) is 4.79 Å². The fraction of sp³-hybridized carbons (Fsp3) is 0.385. The Balaban J connectivity index is 1.93. The van der Waals surface area contributed by atoms with Crippen LogP contribution < -0.4 is 10.1 Å². The zero-order chi connectivity index (χ0) is 14.7. The van der Waals surface area contributed by atoms with E-state index >= 15 is 0 Å². The summed E-state index contributed by atoms with van der Waals surface area (Å²) in [7, 11) is 1.53. The minimum atomic E-state index is -0.830. The molecule has 1 aliphatic rings. The summed E-state index contributed by atoms with van der Waals surface area (Å²) in [4.78, 5) is 24.1. The third-order valence-corrected chi connectivity index (χ3v) is 3.60. The molecule has 2 rings (SSSR count). The smallest absolute Gasteiger partial charge is 0.321 e. The largest absolute Gasteiger partial charge is 0.495 e. The molecule has 6 nitrogen and oxygen atoms in total. The minimum absolute atomic E-state index is 0.0441. The molecule has 0 bridgehead atoms. The van der Waals surface area contributed by atoms with Crippen molar-refractivity contribution >= 4 is 33.6 Å². The van der Waals surface area contributed by atoms with E-state index in [9.17, 15) is 9.59 Å². The number of methoxy groups -OCH3 is 1. The van der Waals surface area contributed by atoms with E-state index in [1.54, 1.807) is 17.0 Å². The maximum Gasteiger partial charge on any atom is 0.321 e. The van der Waals surface area contributed by atoms with E-state index in [0.29, 0.717) is 24.5 Å². The van der Waals surface area contributed by atoms with E-state index in [4.69, 9.17) is 9.84 Å². The number of likely N-dealkylation sites (tertiary alicyclic amines) is 1. The highest BCUT2D eigenvalue weighted by Gasteiger charge is 2.32. The predicted molar refractivity (Wildman–Crippen MR) is 77.0 cm³/mol. The Labute approximate surface area is 124 Å². The van der Waals surface area contributed by atoms with Gasteiger partial charge in [0.15, 0.2) is 0 Å². The molecule has 20 heavy (non-hydrogen) atoms. The number of carbonyl (C=O) groups is 2. The second-order valence-corrected chi connectivity index (χ2v) is 5.56. The van der Waals surface area contributed by atoms with Crippen LogP contribution in [0.4, 0.5) is 10.5 Å². The van der Waals surface area contributed by atoms with E-state index in [1.807, 2.05) is 6.07 Å². The number of aliphatic carboxylic acids is 1. The number of nitrogens with one attached hydrogen (secondary N) is 1. The van der Waals surface area contributed by atoms with Gasteiger partial charge in [0.1, 0.15) is 5.75 Å². The molecule has 0 radical (unpaired) electrons. The van der Waals surface area contributed by atoms with Crippen LogP contribution in [0, 0.1) is 5.92 Å². The number of urea groups is 1. The van der Waals surface area contributed by atoms with Crippen molar-refractivity contribution in [2.75, 3.05) is 25.5 Å². The predicted octanol–water partition coefficient (Wildman–Crippen LogP) is 2.40. The van der Waals surface area contributed by atoms with E-state index in [2.05, 4.69) is 21.2 Å². The summed E-state index contributed by atoms with van der Waals surface area (Å²) in [6.45, 7) is 0.933. The molecule has 1 aromatic rings. The van der Waals surface area contributed by atoms with Gasteiger partial charge in [-0.1, -0.05) is 15.9 Å². The highest BCUT2D eigenvalue weighted by atomic mass is 79.9. The number of carboxylic acids is 1. The molecule has 2 amide bonds. The summed E-state index contributed by atoms with van der Waals surface area (Å²) in [6.07, 6.45) is 0.101. The first-order valence-electron chi connectivity index (χ1n) is 6.11. The molecule has 0 unspecified atom stereocenters. The number of benzene rings is 1. The molecule has 2 N–H and O–H groups in total. The first kappa shape index (κ1) is 14.6. The maximum atomic E-state index is 12.0. The lowest BCUT2D eigenvalue weighted by Crippen LogP contribution is -2.52. The first-order valence-corrected chi connectivity index (χ1v) is 6.90. The Kier molecular flexibility index (Phi) is 4.49. The summed E-state index contributed by atoms with van der Waals surface area (Å²) in [5, 5.41) is 11.4. The van der Waals surface area contributed by atoms with Crippen molar-refractivity contribution in [3.8, 4) is 5.75 Å². The summed E-state index contributed by atoms with van der Waals surface area (Å²) < 4.78 is 6.01. The fourth-order valence-electron chi connectivity index (χ4n) is 2.08. The zero-order valence-corrected chi connectivity index (χ0v) is 12.5. The minimum Gasteiger partial charge on any atom is -0.495 e. The summed E-state index contributed by atoms with van der Waals surface area (Å²) >= 11 is 3.33. The van der Waals surface area contributed by atoms with Gasteiger partial charge in [-0.25, -0.2) is 4.79 Å². The van der Waals surface area contributed by atoms with Crippen LogP contribution in [-0.4, -0.2) is 42.2 Å². The molecule has 0 aliphatic carbocycles. The van der Waals surface area contributed by atoms with Crippen molar-refractivity contribution in [3.05, 3.63) is 22.7 Å². The van der Waals surface area contributed by atoms with E-state index < -0.39 is 5.97 Å². The number of anilines is 1. The Morgan fingerprint density at radius 2 is 2.20 bits per heavy atom. The molecule has 0 spiro atoms. The topological polar surface area (TPSA) is 78.9 Å². The van der Waals surface area contributed by atoms with E-state index in [-0.39, 0.29) is 18.4 Å². The standard InChI is InChI=1S/C13H15BrN2O4/c1-20-11-3-2-9(14)5-10(11)15-13(19)16-6-8(7-16)4-12(17)18/h2-3,5,8H,4,6-7H2,1H3,(H,15,19)(H,17,18). The molecule has 108 valence electrons. The van der Waals surface area contributed by atoms with Crippen LogP contribution in [0.25, 0.3) is 0 Å². The average Bonchev–Trinajstić information content (AvgIpc) is 2.33. The molecule has 1 aromatic carbocycles. The van der Waals surface area contributed by atoms with Crippen LogP contribution in [0.1, 0.15) is 6.42 Å². The lowest BCUT2D eigenvalue weighted by molar-refractivity contribution is -0.139. The number of nitrogens with zero attached hydrogens (tertiary/aromatic N) is 1. The van der Waals surface area contributed by atoms with Crippen LogP contribution in [0.15, 0.2) is 22.7 Å². The Hall–Kier alpha value is -1.76. The van der Waals surface area contributed by atoms with Crippen molar-refractivity contribution in [1.29, 1.82) is 0 Å². The quantitative estimate of drug-likeness (QED) is 0.880. The molecule has 0 aromatic heterocycles. The van der Waals surface area contributed by atoms with Crippen LogP contribution in [0.2, 0.25) is 0 Å². The normalized spacial score (nSPS) is 14.6. The molecule has 7 heteroatoms. The third kappa shape index (κ3) is 3.41. The molecular weight excluding hydrogens is 328 g/mol. The number of carbonyl (C=O) groups excluding carboxylic acids is 1. The number of carboxylic acid groups (broad SMARTS) is 1. The lowest BCUT2D eigenvalue weighted by atomic mass is 9.97. The molecular formula is C13H15BrN2O4. The summed E-state index contributed by atoms with van der Waals surface area (Å²) in [5.74, 6) is -0.212. The molecule has 1 heterocycles. The summed E-state index contributed by atoms with van der Waals surface area (Å²) in [6, 6.07) is 5.08. The number of rotatable bonds is 4. The number of ether oxygens (including phenoxy) is 1. The monoisotopic (exact) mass is 342 g/mol. The molecule has 0 atom stereocenters. The van der Waals surface area contributed by atoms with Gasteiger partial charge in [0.2, 0.25) is 0 Å². The fourth-order valence-corrected chi connectivity index (χ4v) is 2.44. The molecule has 1 saturated heterocycles. The van der Waals surface area contributed by atoms with Gasteiger partial charge in [0.25, 0.3) is 0 Å². The maximum absolute atomic E-state index is 12.0. The van der Waals surface area contributed by atoms with Gasteiger partial charge in [0.05, 0.1) is 19.2 Å². The van der Waals surface area contributed by atoms with Gasteiger partial charge in [-0.05, 0) is 18.2 Å². The van der Waals surface area contributed by atoms with Crippen molar-refractivity contribution in [2.24, 2.45) is 5.92 Å². The second kappa shape index (κ2) is 6.13. The van der Waals surface area contributed by atoms with Crippen molar-refractivity contribution in [3.63, 3.8) is 0 Å². The van der Waals surface area contributed by atoms with Crippen LogP contribution in [0.5, 0.6) is 5.75 Å². The Bertz CT molecular complexity index is 529. The van der Waals surface area contributed by atoms with Gasteiger partial charge in [-0.2, -0.15) is 0 Å². The number of halogens is 1. The van der Waals surface area contributed by atoms with Gasteiger partial charge >= 0.3 is 12.0 Å². The SMILES string of the molecule is COc1ccc(Br)cc1NC(=O)N1CC(CC(=O)O)C1. The van der Waals surface area contributed by atoms with Crippen LogP contribution in [0.3, 0.4) is 0 Å². The summed E-state index contributed by atoms with van der Waals surface area (Å²) in [5.41, 5.74) is 0.577. The second-order valence-electron chi connectivity index (χ2n) is 4.64. The first-order chi connectivity index (χ1) is 9.49.